The van der Waals surface area contributed by atoms with Crippen molar-refractivity contribution in [1.29, 1.82) is 0 Å². The van der Waals surface area contributed by atoms with Gasteiger partial charge < -0.3 is 19.5 Å². The van der Waals surface area contributed by atoms with Gasteiger partial charge in [-0.3, -0.25) is 4.40 Å². The molecule has 3 heterocycles. The average molecular weight is 456 g/mol. The standard InChI is InChI=1S/C23H33N3O5.Na.H/c1-14-12-16-24-15(20(27)28)13-26(16)19(25-10-8-23(5,6)9-11-25)17(14)18(21(29)30-7)31-22(2,3)4;;/h12-13,18H,8-11H2,1-7H3,(H,27,28);;. The van der Waals surface area contributed by atoms with Crippen LogP contribution in [0.25, 0.3) is 5.65 Å². The number of fused-ring (bicyclic) bond motifs is 1. The molecule has 2 aromatic heterocycles. The van der Waals surface area contributed by atoms with E-state index in [4.69, 9.17) is 9.47 Å². The molecule has 1 unspecified atom stereocenters. The summed E-state index contributed by atoms with van der Waals surface area (Å²) in [6, 6.07) is 1.79. The number of aromatic nitrogens is 2. The summed E-state index contributed by atoms with van der Waals surface area (Å²) in [5.74, 6) is -0.844. The normalized spacial score (nSPS) is 17.0. The first-order valence-electron chi connectivity index (χ1n) is 10.6. The molecule has 1 aliphatic rings. The van der Waals surface area contributed by atoms with E-state index in [1.807, 2.05) is 27.7 Å². The number of carboxylic acid groups (broad SMARTS) is 1. The minimum atomic E-state index is -1.09. The third kappa shape index (κ3) is 5.65. The number of piperidine rings is 1. The fourth-order valence-corrected chi connectivity index (χ4v) is 4.00. The van der Waals surface area contributed by atoms with Crippen molar-refractivity contribution in [2.24, 2.45) is 5.41 Å². The van der Waals surface area contributed by atoms with E-state index in [0.717, 1.165) is 37.3 Å². The molecule has 0 aliphatic carbocycles. The van der Waals surface area contributed by atoms with Crippen LogP contribution in [0.15, 0.2) is 12.3 Å². The van der Waals surface area contributed by atoms with Crippen molar-refractivity contribution in [3.8, 4) is 0 Å². The number of carbonyl (C=O) groups is 2. The van der Waals surface area contributed by atoms with Gasteiger partial charge in [0.15, 0.2) is 11.8 Å². The van der Waals surface area contributed by atoms with Crippen LogP contribution < -0.4 is 4.90 Å². The molecule has 3 rings (SSSR count). The van der Waals surface area contributed by atoms with E-state index < -0.39 is 23.6 Å². The Bertz CT molecular complexity index is 999. The number of hydrogen-bond acceptors (Lipinski definition) is 6. The second-order valence-electron chi connectivity index (χ2n) is 10.0. The Hall–Kier alpha value is -1.61. The van der Waals surface area contributed by atoms with E-state index in [-0.39, 0.29) is 40.7 Å². The molecule has 0 bridgehead atoms. The second-order valence-corrected chi connectivity index (χ2v) is 10.0. The van der Waals surface area contributed by atoms with Gasteiger partial charge in [0.2, 0.25) is 0 Å². The van der Waals surface area contributed by atoms with Crippen molar-refractivity contribution in [1.82, 2.24) is 9.38 Å². The number of nitrogens with zero attached hydrogens (tertiary/aromatic N) is 3. The van der Waals surface area contributed by atoms with Crippen molar-refractivity contribution in [3.63, 3.8) is 0 Å². The van der Waals surface area contributed by atoms with Gasteiger partial charge in [-0.25, -0.2) is 14.6 Å². The number of aromatic carboxylic acids is 1. The van der Waals surface area contributed by atoms with E-state index >= 15 is 0 Å². The van der Waals surface area contributed by atoms with Gasteiger partial charge in [-0.05, 0) is 57.6 Å². The Morgan fingerprint density at radius 2 is 1.81 bits per heavy atom. The van der Waals surface area contributed by atoms with Gasteiger partial charge in [-0.15, -0.1) is 0 Å². The van der Waals surface area contributed by atoms with Gasteiger partial charge in [0, 0.05) is 24.8 Å². The molecule has 8 nitrogen and oxygen atoms in total. The summed E-state index contributed by atoms with van der Waals surface area (Å²) in [6.07, 6.45) is 2.52. The van der Waals surface area contributed by atoms with Crippen molar-refractivity contribution in [2.75, 3.05) is 25.1 Å². The predicted octanol–water partition coefficient (Wildman–Crippen LogP) is 3.35. The first-order valence-corrected chi connectivity index (χ1v) is 10.6. The van der Waals surface area contributed by atoms with Crippen LogP contribution in [0.2, 0.25) is 0 Å². The van der Waals surface area contributed by atoms with Crippen LogP contribution in [0.4, 0.5) is 5.82 Å². The molecular formula is C23H34N3NaO5. The van der Waals surface area contributed by atoms with Gasteiger partial charge in [-0.1, -0.05) is 13.8 Å². The SMILES string of the molecule is COC(=O)C(OC(C)(C)C)c1c(C)cc2nc(C(=O)O)cn2c1N1CCC(C)(C)CC1.[NaH]. The third-order valence-corrected chi connectivity index (χ3v) is 5.76. The molecule has 1 N–H and O–H groups in total. The summed E-state index contributed by atoms with van der Waals surface area (Å²) >= 11 is 0. The van der Waals surface area contributed by atoms with Gasteiger partial charge >= 0.3 is 41.5 Å². The number of anilines is 1. The Morgan fingerprint density at radius 1 is 1.22 bits per heavy atom. The van der Waals surface area contributed by atoms with Gasteiger partial charge in [-0.2, -0.15) is 0 Å². The van der Waals surface area contributed by atoms with E-state index in [9.17, 15) is 14.7 Å². The van der Waals surface area contributed by atoms with Crippen molar-refractivity contribution in [3.05, 3.63) is 29.1 Å². The van der Waals surface area contributed by atoms with Gasteiger partial charge in [0.05, 0.1) is 12.7 Å². The monoisotopic (exact) mass is 455 g/mol. The van der Waals surface area contributed by atoms with Crippen LogP contribution in [-0.4, -0.2) is 81.8 Å². The first-order chi connectivity index (χ1) is 14.3. The number of pyridine rings is 1. The summed E-state index contributed by atoms with van der Waals surface area (Å²) < 4.78 is 13.0. The van der Waals surface area contributed by atoms with E-state index in [1.54, 1.807) is 10.5 Å². The van der Waals surface area contributed by atoms with Crippen molar-refractivity contribution in [2.45, 2.75) is 66.1 Å². The van der Waals surface area contributed by atoms with Crippen LogP contribution in [0.3, 0.4) is 0 Å². The van der Waals surface area contributed by atoms with E-state index in [1.165, 1.54) is 13.3 Å². The summed E-state index contributed by atoms with van der Waals surface area (Å²) in [4.78, 5) is 30.9. The van der Waals surface area contributed by atoms with Crippen LogP contribution in [-0.2, 0) is 14.3 Å². The number of carbonyl (C=O) groups excluding carboxylic acids is 1. The van der Waals surface area contributed by atoms with Gasteiger partial charge in [0.25, 0.3) is 0 Å². The Labute approximate surface area is 211 Å². The molecule has 1 atom stereocenters. The molecule has 0 radical (unpaired) electrons. The number of rotatable bonds is 5. The molecule has 1 saturated heterocycles. The summed E-state index contributed by atoms with van der Waals surface area (Å²) in [7, 11) is 1.35. The number of aryl methyl sites for hydroxylation is 1. The van der Waals surface area contributed by atoms with Crippen molar-refractivity contribution < 1.29 is 24.2 Å². The van der Waals surface area contributed by atoms with Crippen LogP contribution in [0.1, 0.15) is 75.2 Å². The van der Waals surface area contributed by atoms with Crippen molar-refractivity contribution >= 4 is 53.0 Å². The molecule has 1 aliphatic heterocycles. The molecule has 1 fully saturated rings. The third-order valence-electron chi connectivity index (χ3n) is 5.76. The molecule has 0 spiro atoms. The van der Waals surface area contributed by atoms with Crippen LogP contribution >= 0.6 is 0 Å². The predicted molar refractivity (Wildman–Crippen MR) is 125 cm³/mol. The van der Waals surface area contributed by atoms with E-state index in [2.05, 4.69) is 23.7 Å². The fraction of sp³-hybridized carbons (Fsp3) is 0.609. The zero-order chi connectivity index (χ0) is 23.1. The number of methoxy groups -OCH3 is 1. The molecule has 0 amide bonds. The number of ether oxygens (including phenoxy) is 2. The maximum atomic E-state index is 12.8. The first kappa shape index (κ1) is 26.6. The molecular weight excluding hydrogens is 421 g/mol. The summed E-state index contributed by atoms with van der Waals surface area (Å²) in [6.45, 7) is 13.6. The maximum absolute atomic E-state index is 12.8. The second kappa shape index (κ2) is 9.71. The molecule has 0 saturated carbocycles. The Balaban J connectivity index is 0.00000363. The average Bonchev–Trinajstić information content (AvgIpc) is 3.08. The quantitative estimate of drug-likeness (QED) is 0.546. The molecule has 2 aromatic rings. The molecule has 32 heavy (non-hydrogen) atoms. The van der Waals surface area contributed by atoms with Crippen LogP contribution in [0, 0.1) is 12.3 Å². The molecule has 172 valence electrons. The summed E-state index contributed by atoms with van der Waals surface area (Å²) in [5, 5.41) is 9.49. The molecule has 9 heteroatoms. The number of carboxylic acids is 1. The number of imidazole rings is 1. The number of hydrogen-bond donors (Lipinski definition) is 1. The Kier molecular flexibility index (Phi) is 8.08. The van der Waals surface area contributed by atoms with E-state index in [0.29, 0.717) is 11.2 Å². The van der Waals surface area contributed by atoms with Gasteiger partial charge in [0.1, 0.15) is 11.5 Å². The molecule has 0 aromatic carbocycles. The zero-order valence-corrected chi connectivity index (χ0v) is 19.5. The van der Waals surface area contributed by atoms with Crippen LogP contribution in [0.5, 0.6) is 0 Å². The minimum absolute atomic E-state index is 0. The number of esters is 1. The fourth-order valence-electron chi connectivity index (χ4n) is 4.00. The topological polar surface area (TPSA) is 93.4 Å². The summed E-state index contributed by atoms with van der Waals surface area (Å²) in [5.41, 5.74) is 1.60. The Morgan fingerprint density at radius 3 is 2.31 bits per heavy atom. The zero-order valence-electron chi connectivity index (χ0n) is 19.5.